The van der Waals surface area contributed by atoms with Crippen LogP contribution in [0.3, 0.4) is 0 Å². The molecular weight excluding hydrogens is 272 g/mol. The van der Waals surface area contributed by atoms with Crippen molar-refractivity contribution in [3.05, 3.63) is 39.4 Å². The number of rotatable bonds is 1. The molecule has 1 aromatic carbocycles. The smallest absolute Gasteiger partial charge is 0.339 e. The van der Waals surface area contributed by atoms with E-state index in [0.29, 0.717) is 22.0 Å². The first-order valence-corrected chi connectivity index (χ1v) is 5.55. The number of hydrogen-bond donors (Lipinski definition) is 0. The Bertz CT molecular complexity index is 503. The highest BCUT2D eigenvalue weighted by molar-refractivity contribution is 9.10. The van der Waals surface area contributed by atoms with Gasteiger partial charge in [0.15, 0.2) is 5.78 Å². The molecule has 0 spiro atoms. The van der Waals surface area contributed by atoms with Crippen LogP contribution in [0.1, 0.15) is 32.7 Å². The number of halogens is 1. The lowest BCUT2D eigenvalue weighted by atomic mass is 9.94. The van der Waals surface area contributed by atoms with Crippen LogP contribution in [0.25, 0.3) is 6.08 Å². The molecule has 0 radical (unpaired) electrons. The summed E-state index contributed by atoms with van der Waals surface area (Å²) >= 11 is 3.33. The van der Waals surface area contributed by atoms with Crippen molar-refractivity contribution in [3.8, 4) is 0 Å². The normalized spacial score (nSPS) is 13.5. The Morgan fingerprint density at radius 2 is 2.19 bits per heavy atom. The summed E-state index contributed by atoms with van der Waals surface area (Å²) in [6.07, 6.45) is 4.04. The van der Waals surface area contributed by atoms with Gasteiger partial charge in [-0.15, -0.1) is 0 Å². The van der Waals surface area contributed by atoms with Gasteiger partial charge in [0.25, 0.3) is 0 Å². The zero-order valence-electron chi connectivity index (χ0n) is 8.62. The van der Waals surface area contributed by atoms with Crippen molar-refractivity contribution in [3.63, 3.8) is 0 Å². The van der Waals surface area contributed by atoms with Gasteiger partial charge in [-0.3, -0.25) is 4.79 Å². The van der Waals surface area contributed by atoms with E-state index in [1.165, 1.54) is 7.11 Å². The number of benzene rings is 1. The Hall–Kier alpha value is -1.42. The third kappa shape index (κ3) is 1.69. The van der Waals surface area contributed by atoms with Gasteiger partial charge in [-0.2, -0.15) is 0 Å². The summed E-state index contributed by atoms with van der Waals surface area (Å²) in [4.78, 5) is 23.0. The van der Waals surface area contributed by atoms with Crippen molar-refractivity contribution in [2.75, 3.05) is 7.11 Å². The van der Waals surface area contributed by atoms with Gasteiger partial charge in [0, 0.05) is 16.5 Å². The van der Waals surface area contributed by atoms with Gasteiger partial charge in [-0.25, -0.2) is 4.79 Å². The number of hydrogen-bond acceptors (Lipinski definition) is 3. The van der Waals surface area contributed by atoms with Gasteiger partial charge in [0.2, 0.25) is 0 Å². The molecule has 0 N–H and O–H groups in total. The van der Waals surface area contributed by atoms with E-state index in [1.807, 2.05) is 6.08 Å². The predicted octanol–water partition coefficient (Wildman–Crippen LogP) is 2.84. The van der Waals surface area contributed by atoms with Crippen LogP contribution in [0.5, 0.6) is 0 Å². The molecule has 3 nitrogen and oxygen atoms in total. The molecule has 0 saturated heterocycles. The van der Waals surface area contributed by atoms with Gasteiger partial charge >= 0.3 is 5.97 Å². The summed E-state index contributed by atoms with van der Waals surface area (Å²) in [5.41, 5.74) is 1.82. The molecule has 82 valence electrons. The fourth-order valence-corrected chi connectivity index (χ4v) is 2.30. The fourth-order valence-electron chi connectivity index (χ4n) is 1.66. The first-order valence-electron chi connectivity index (χ1n) is 4.75. The Labute approximate surface area is 101 Å². The molecule has 0 atom stereocenters. The van der Waals surface area contributed by atoms with E-state index in [-0.39, 0.29) is 5.78 Å². The van der Waals surface area contributed by atoms with E-state index >= 15 is 0 Å². The van der Waals surface area contributed by atoms with Crippen LogP contribution in [0, 0.1) is 0 Å². The van der Waals surface area contributed by atoms with Crippen molar-refractivity contribution < 1.29 is 14.3 Å². The molecule has 1 aliphatic rings. The second-order valence-corrected chi connectivity index (χ2v) is 4.20. The minimum atomic E-state index is -0.416. The van der Waals surface area contributed by atoms with Crippen molar-refractivity contribution in [1.82, 2.24) is 0 Å². The highest BCUT2D eigenvalue weighted by Crippen LogP contribution is 2.30. The molecule has 2 rings (SSSR count). The van der Waals surface area contributed by atoms with Crippen LogP contribution >= 0.6 is 15.9 Å². The first kappa shape index (κ1) is 11.1. The number of allylic oxidation sites excluding steroid dienone is 1. The molecular formula is C12H9BrO3. The van der Waals surface area contributed by atoms with Crippen LogP contribution in [0.15, 0.2) is 22.7 Å². The molecule has 0 fully saturated rings. The van der Waals surface area contributed by atoms with Crippen LogP contribution < -0.4 is 0 Å². The molecule has 0 heterocycles. The molecule has 1 aromatic rings. The molecule has 0 unspecified atom stereocenters. The Kier molecular flexibility index (Phi) is 2.92. The van der Waals surface area contributed by atoms with Crippen molar-refractivity contribution in [2.45, 2.75) is 6.42 Å². The second-order valence-electron chi connectivity index (χ2n) is 3.41. The van der Waals surface area contributed by atoms with E-state index in [4.69, 9.17) is 0 Å². The van der Waals surface area contributed by atoms with Crippen LogP contribution in [-0.4, -0.2) is 18.9 Å². The molecule has 0 saturated carbocycles. The summed E-state index contributed by atoms with van der Waals surface area (Å²) in [6, 6.07) is 3.27. The number of fused-ring (bicyclic) bond motifs is 1. The third-order valence-electron chi connectivity index (χ3n) is 2.47. The summed E-state index contributed by atoms with van der Waals surface area (Å²) < 4.78 is 5.27. The third-order valence-corrected chi connectivity index (χ3v) is 3.33. The van der Waals surface area contributed by atoms with Gasteiger partial charge < -0.3 is 4.74 Å². The predicted molar refractivity (Wildman–Crippen MR) is 63.5 cm³/mol. The Morgan fingerprint density at radius 1 is 1.44 bits per heavy atom. The molecule has 0 aromatic heterocycles. The maximum Gasteiger partial charge on any atom is 0.339 e. The monoisotopic (exact) mass is 280 g/mol. The molecule has 1 aliphatic carbocycles. The van der Waals surface area contributed by atoms with Crippen molar-refractivity contribution in [2.24, 2.45) is 0 Å². The quantitative estimate of drug-likeness (QED) is 0.743. The van der Waals surface area contributed by atoms with Crippen LogP contribution in [0.4, 0.5) is 0 Å². The Balaban J connectivity index is 2.61. The summed E-state index contributed by atoms with van der Waals surface area (Å²) in [5.74, 6) is -0.351. The summed E-state index contributed by atoms with van der Waals surface area (Å²) in [5, 5.41) is 0. The molecule has 16 heavy (non-hydrogen) atoms. The van der Waals surface area contributed by atoms with E-state index in [2.05, 4.69) is 20.7 Å². The first-order chi connectivity index (χ1) is 7.65. The highest BCUT2D eigenvalue weighted by atomic mass is 79.9. The van der Waals surface area contributed by atoms with Gasteiger partial charge in [0.05, 0.1) is 12.7 Å². The number of ether oxygens (including phenoxy) is 1. The lowest BCUT2D eigenvalue weighted by Gasteiger charge is -2.13. The van der Waals surface area contributed by atoms with Crippen LogP contribution in [0.2, 0.25) is 0 Å². The number of Topliss-reactive ketones (excluding diaryl/α,β-unsaturated/α-hetero) is 1. The van der Waals surface area contributed by atoms with Gasteiger partial charge in [-0.1, -0.05) is 12.2 Å². The number of methoxy groups -OCH3 is 1. The van der Waals surface area contributed by atoms with E-state index in [0.717, 1.165) is 5.56 Å². The second kappa shape index (κ2) is 4.22. The molecule has 4 heteroatoms. The molecule has 0 amide bonds. The average molecular weight is 281 g/mol. The number of ketones is 1. The molecule has 0 aliphatic heterocycles. The largest absolute Gasteiger partial charge is 0.465 e. The zero-order valence-corrected chi connectivity index (χ0v) is 10.2. The maximum atomic E-state index is 11.6. The van der Waals surface area contributed by atoms with E-state index < -0.39 is 5.97 Å². The average Bonchev–Trinajstić information content (AvgIpc) is 2.30. The van der Waals surface area contributed by atoms with Crippen LogP contribution in [-0.2, 0) is 4.74 Å². The topological polar surface area (TPSA) is 43.4 Å². The highest BCUT2D eigenvalue weighted by Gasteiger charge is 2.20. The zero-order chi connectivity index (χ0) is 11.7. The number of carbonyl (C=O) groups is 2. The van der Waals surface area contributed by atoms with E-state index in [1.54, 1.807) is 18.2 Å². The van der Waals surface area contributed by atoms with Crippen molar-refractivity contribution in [1.29, 1.82) is 0 Å². The number of esters is 1. The summed E-state index contributed by atoms with van der Waals surface area (Å²) in [6.45, 7) is 0. The maximum absolute atomic E-state index is 11.6. The minimum absolute atomic E-state index is 0.0645. The lowest BCUT2D eigenvalue weighted by Crippen LogP contribution is -2.09. The lowest BCUT2D eigenvalue weighted by molar-refractivity contribution is 0.0599. The summed E-state index contributed by atoms with van der Waals surface area (Å²) in [7, 11) is 1.33. The van der Waals surface area contributed by atoms with Gasteiger partial charge in [0.1, 0.15) is 0 Å². The van der Waals surface area contributed by atoms with Gasteiger partial charge in [-0.05, 0) is 33.6 Å². The standard InChI is InChI=1S/C12H9BrO3/c1-16-12(15)9-6-5-7-8(11(9)13)3-2-4-10(7)14/h2-3,5-6H,4H2,1H3. The SMILES string of the molecule is COC(=O)c1ccc2c(c1Br)C=CCC2=O. The fraction of sp³-hybridized carbons (Fsp3) is 0.167. The van der Waals surface area contributed by atoms with Crippen molar-refractivity contribution >= 4 is 33.8 Å². The molecule has 0 bridgehead atoms. The number of carbonyl (C=O) groups excluding carboxylic acids is 2. The Morgan fingerprint density at radius 3 is 2.88 bits per heavy atom. The minimum Gasteiger partial charge on any atom is -0.465 e. The van der Waals surface area contributed by atoms with E-state index in [9.17, 15) is 9.59 Å².